The average Bonchev–Trinajstić information content (AvgIpc) is 3.03. The van der Waals surface area contributed by atoms with Crippen molar-refractivity contribution in [2.75, 3.05) is 0 Å². The Labute approximate surface area is 290 Å². The van der Waals surface area contributed by atoms with Crippen molar-refractivity contribution in [2.24, 2.45) is 0 Å². The van der Waals surface area contributed by atoms with Gasteiger partial charge in [-0.25, -0.2) is 0 Å². The molecule has 6 N–H and O–H groups in total. The predicted molar refractivity (Wildman–Crippen MR) is 198 cm³/mol. The third kappa shape index (κ3) is 40.7. The number of allylic oxidation sites excluding steroid dienone is 10. The highest BCUT2D eigenvalue weighted by Crippen LogP contribution is 2.05. The van der Waals surface area contributed by atoms with Crippen LogP contribution in [0.1, 0.15) is 117 Å². The normalized spacial score (nSPS) is 15.1. The quantitative estimate of drug-likeness (QED) is 0.0275. The van der Waals surface area contributed by atoms with E-state index in [-0.39, 0.29) is 12.8 Å². The number of hydrogen-bond donors (Lipinski definition) is 6. The lowest BCUT2D eigenvalue weighted by Gasteiger charge is -2.02. The molecule has 0 aromatic heterocycles. The fourth-order valence-corrected chi connectivity index (χ4v) is 4.03. The van der Waals surface area contributed by atoms with Crippen molar-refractivity contribution in [1.29, 1.82) is 0 Å². The smallest absolute Gasteiger partial charge is 0.303 e. The van der Waals surface area contributed by atoms with E-state index in [1.807, 2.05) is 12.2 Å². The molecule has 0 rings (SSSR count). The van der Waals surface area contributed by atoms with Crippen molar-refractivity contribution < 1.29 is 40.2 Å². The zero-order valence-electron chi connectivity index (χ0n) is 29.4. The van der Waals surface area contributed by atoms with Crippen LogP contribution in [0, 0.1) is 0 Å². The second-order valence-electron chi connectivity index (χ2n) is 11.6. The molecule has 0 bridgehead atoms. The Bertz CT molecular complexity index is 923. The maximum atomic E-state index is 10.3. The first kappa shape index (κ1) is 46.8. The molecule has 272 valence electrons. The van der Waals surface area contributed by atoms with Gasteiger partial charge >= 0.3 is 11.9 Å². The first-order valence-corrected chi connectivity index (χ1v) is 17.6. The van der Waals surface area contributed by atoms with Crippen LogP contribution in [0.25, 0.3) is 0 Å². The molecule has 0 aromatic rings. The molecule has 0 unspecified atom stereocenters. The molecule has 0 spiro atoms. The zero-order chi connectivity index (χ0) is 36.1. The van der Waals surface area contributed by atoms with Crippen molar-refractivity contribution in [2.45, 2.75) is 141 Å². The number of unbranched alkanes of at least 4 members (excludes halogenated alkanes) is 6. The van der Waals surface area contributed by atoms with Gasteiger partial charge in [-0.3, -0.25) is 9.59 Å². The predicted octanol–water partition coefficient (Wildman–Crippen LogP) is 8.32. The molecule has 48 heavy (non-hydrogen) atoms. The number of rotatable bonds is 28. The molecular weight excluding hydrogens is 608 g/mol. The number of aliphatic hydroxyl groups excluding tert-OH is 4. The first-order valence-electron chi connectivity index (χ1n) is 17.6. The van der Waals surface area contributed by atoms with Gasteiger partial charge in [0.15, 0.2) is 0 Å². The van der Waals surface area contributed by atoms with Crippen molar-refractivity contribution >= 4 is 11.9 Å². The van der Waals surface area contributed by atoms with Gasteiger partial charge in [-0.1, -0.05) is 137 Å². The van der Waals surface area contributed by atoms with Gasteiger partial charge in [-0.2, -0.15) is 0 Å². The third-order valence-corrected chi connectivity index (χ3v) is 6.82. The second-order valence-corrected chi connectivity index (χ2v) is 11.6. The fourth-order valence-electron chi connectivity index (χ4n) is 4.03. The highest BCUT2D eigenvalue weighted by molar-refractivity contribution is 5.66. The number of carboxylic acid groups (broad SMARTS) is 2. The Morgan fingerprint density at radius 3 is 1.10 bits per heavy atom. The van der Waals surface area contributed by atoms with E-state index < -0.39 is 36.4 Å². The van der Waals surface area contributed by atoms with Crippen molar-refractivity contribution in [3.05, 3.63) is 97.2 Å². The van der Waals surface area contributed by atoms with Gasteiger partial charge in [0.05, 0.1) is 24.4 Å². The maximum absolute atomic E-state index is 10.3. The summed E-state index contributed by atoms with van der Waals surface area (Å²) in [5, 5.41) is 55.7. The van der Waals surface area contributed by atoms with Gasteiger partial charge in [-0.05, 0) is 64.2 Å². The highest BCUT2D eigenvalue weighted by Gasteiger charge is 2.02. The van der Waals surface area contributed by atoms with Gasteiger partial charge in [-0.15, -0.1) is 0 Å². The lowest BCUT2D eigenvalue weighted by atomic mass is 10.1. The number of aliphatic hydroxyl groups is 4. The molecule has 8 heteroatoms. The Kier molecular flexibility index (Phi) is 35.6. The van der Waals surface area contributed by atoms with Crippen LogP contribution >= 0.6 is 0 Å². The van der Waals surface area contributed by atoms with Gasteiger partial charge in [0.2, 0.25) is 0 Å². The van der Waals surface area contributed by atoms with E-state index in [1.54, 1.807) is 72.9 Å². The minimum absolute atomic E-state index is 0.0778. The summed E-state index contributed by atoms with van der Waals surface area (Å²) in [5.41, 5.74) is 0. The van der Waals surface area contributed by atoms with E-state index in [9.17, 15) is 30.0 Å². The fraction of sp³-hybridized carbons (Fsp3) is 0.550. The molecule has 0 saturated carbocycles. The van der Waals surface area contributed by atoms with Crippen LogP contribution in [0.2, 0.25) is 0 Å². The second kappa shape index (κ2) is 36.5. The standard InChI is InChI=1S/2C20H32O4/c2*1-2-3-4-5-6-9-13-18(21)14-10-7-8-11-15-19(22)16-12-17-20(23)24/h2*6-11,14-15,18-19,21-22H,2-5,12-13,16-17H2,1H3,(H,23,24)/b2*8-7+,9-6-,14-10+,15-11-/t2*18-,19-/m11/s1. The Balaban J connectivity index is 0. The van der Waals surface area contributed by atoms with Crippen molar-refractivity contribution in [1.82, 2.24) is 0 Å². The average molecular weight is 673 g/mol. The van der Waals surface area contributed by atoms with E-state index >= 15 is 0 Å². The van der Waals surface area contributed by atoms with E-state index in [4.69, 9.17) is 10.2 Å². The largest absolute Gasteiger partial charge is 0.481 e. The molecule has 0 saturated heterocycles. The van der Waals surface area contributed by atoms with Gasteiger partial charge in [0.1, 0.15) is 0 Å². The molecule has 0 aliphatic rings. The summed E-state index contributed by atoms with van der Waals surface area (Å²) in [7, 11) is 0. The lowest BCUT2D eigenvalue weighted by molar-refractivity contribution is -0.138. The van der Waals surface area contributed by atoms with Crippen LogP contribution in [-0.4, -0.2) is 67.0 Å². The first-order chi connectivity index (χ1) is 23.1. The van der Waals surface area contributed by atoms with E-state index in [2.05, 4.69) is 26.0 Å². The van der Waals surface area contributed by atoms with E-state index in [0.717, 1.165) is 12.8 Å². The van der Waals surface area contributed by atoms with Crippen LogP contribution in [0.15, 0.2) is 97.2 Å². The molecule has 0 aromatic carbocycles. The number of aliphatic carboxylic acids is 2. The summed E-state index contributed by atoms with van der Waals surface area (Å²) < 4.78 is 0. The zero-order valence-corrected chi connectivity index (χ0v) is 29.4. The summed E-state index contributed by atoms with van der Waals surface area (Å²) in [6.45, 7) is 4.36. The minimum atomic E-state index is -0.842. The maximum Gasteiger partial charge on any atom is 0.303 e. The Morgan fingerprint density at radius 2 is 0.792 bits per heavy atom. The summed E-state index contributed by atoms with van der Waals surface area (Å²) in [6.07, 6.45) is 39.6. The van der Waals surface area contributed by atoms with Crippen LogP contribution in [0.5, 0.6) is 0 Å². The molecule has 0 aliphatic carbocycles. The summed E-state index contributed by atoms with van der Waals surface area (Å²) in [4.78, 5) is 20.7. The molecular formula is C40H64O8. The van der Waals surface area contributed by atoms with E-state index in [0.29, 0.717) is 38.5 Å². The van der Waals surface area contributed by atoms with Crippen molar-refractivity contribution in [3.63, 3.8) is 0 Å². The molecule has 4 atom stereocenters. The minimum Gasteiger partial charge on any atom is -0.481 e. The van der Waals surface area contributed by atoms with Gasteiger partial charge in [0, 0.05) is 12.8 Å². The molecule has 0 amide bonds. The SMILES string of the molecule is CCCCC/C=C\C[C@@H](O)/C=C/C=C/C=C\[C@@H](O)CCCC(=O)O.CCCCC/C=C\C[C@@H](O)/C=C/C=C/C=C\[C@@H](O)CCCC(=O)O. The summed E-state index contributed by atoms with van der Waals surface area (Å²) in [5.74, 6) is -1.68. The number of hydrogen-bond acceptors (Lipinski definition) is 6. The topological polar surface area (TPSA) is 156 Å². The molecule has 0 aliphatic heterocycles. The van der Waals surface area contributed by atoms with Crippen LogP contribution < -0.4 is 0 Å². The molecule has 0 radical (unpaired) electrons. The lowest BCUT2D eigenvalue weighted by Crippen LogP contribution is -2.03. The van der Waals surface area contributed by atoms with Crippen molar-refractivity contribution in [3.8, 4) is 0 Å². The number of carboxylic acids is 2. The molecule has 0 fully saturated rings. The Hall–Kier alpha value is -3.30. The number of carbonyl (C=O) groups is 2. The Morgan fingerprint density at radius 1 is 0.458 bits per heavy atom. The van der Waals surface area contributed by atoms with Gasteiger partial charge < -0.3 is 30.6 Å². The van der Waals surface area contributed by atoms with Crippen LogP contribution in [0.3, 0.4) is 0 Å². The molecule has 8 nitrogen and oxygen atoms in total. The van der Waals surface area contributed by atoms with E-state index in [1.165, 1.54) is 38.5 Å². The van der Waals surface area contributed by atoms with Crippen LogP contribution in [0.4, 0.5) is 0 Å². The summed E-state index contributed by atoms with van der Waals surface area (Å²) in [6, 6.07) is 0. The van der Waals surface area contributed by atoms with Gasteiger partial charge in [0.25, 0.3) is 0 Å². The summed E-state index contributed by atoms with van der Waals surface area (Å²) >= 11 is 0. The molecule has 0 heterocycles. The third-order valence-electron chi connectivity index (χ3n) is 6.82. The highest BCUT2D eigenvalue weighted by atomic mass is 16.4. The monoisotopic (exact) mass is 672 g/mol. The van der Waals surface area contributed by atoms with Crippen LogP contribution in [-0.2, 0) is 9.59 Å².